The summed E-state index contributed by atoms with van der Waals surface area (Å²) in [6.07, 6.45) is 0.495. The summed E-state index contributed by atoms with van der Waals surface area (Å²) in [7, 11) is 1.96. The smallest absolute Gasteiger partial charge is 0.286 e. The fraction of sp³-hybridized carbons (Fsp3) is 0.276. The van der Waals surface area contributed by atoms with Crippen LogP contribution in [0.25, 0.3) is 11.0 Å². The third-order valence-electron chi connectivity index (χ3n) is 6.01. The molecule has 1 aliphatic heterocycles. The number of imidazole rings is 1. The Morgan fingerprint density at radius 1 is 1.00 bits per heavy atom. The zero-order valence-corrected chi connectivity index (χ0v) is 22.6. The van der Waals surface area contributed by atoms with E-state index in [2.05, 4.69) is 31.4 Å². The average Bonchev–Trinajstić information content (AvgIpc) is 3.34. The highest BCUT2D eigenvalue weighted by molar-refractivity contribution is 8.15. The van der Waals surface area contributed by atoms with Crippen molar-refractivity contribution in [3.05, 3.63) is 78.1 Å². The molecule has 0 spiro atoms. The van der Waals surface area contributed by atoms with E-state index in [1.165, 1.54) is 0 Å². The second-order valence-corrected chi connectivity index (χ2v) is 11.4. The van der Waals surface area contributed by atoms with Crippen molar-refractivity contribution in [2.24, 2.45) is 7.05 Å². The number of hydrogen-bond donors (Lipinski definition) is 2. The Morgan fingerprint density at radius 3 is 2.45 bits per heavy atom. The molecular weight excluding hydrogens is 500 g/mol. The number of aryl methyl sites for hydroxylation is 1. The predicted octanol–water partition coefficient (Wildman–Crippen LogP) is 6.05. The molecule has 2 N–H and O–H groups in total. The number of rotatable bonds is 8. The quantitative estimate of drug-likeness (QED) is 0.286. The minimum absolute atomic E-state index is 0.0405. The second kappa shape index (κ2) is 10.4. The van der Waals surface area contributed by atoms with E-state index in [1.807, 2.05) is 78.3 Å². The van der Waals surface area contributed by atoms with E-state index >= 15 is 0 Å². The van der Waals surface area contributed by atoms with Crippen molar-refractivity contribution in [3.63, 3.8) is 0 Å². The maximum absolute atomic E-state index is 11.8. The Labute approximate surface area is 225 Å². The second-order valence-electron chi connectivity index (χ2n) is 10.3. The number of hydrogen-bond acceptors (Lipinski definition) is 7. The number of imide groups is 1. The number of ether oxygens (including phenoxy) is 2. The van der Waals surface area contributed by atoms with E-state index in [0.29, 0.717) is 18.8 Å². The van der Waals surface area contributed by atoms with Gasteiger partial charge in [-0.3, -0.25) is 14.9 Å². The summed E-state index contributed by atoms with van der Waals surface area (Å²) < 4.78 is 14.1. The molecule has 2 amide bonds. The van der Waals surface area contributed by atoms with Crippen LogP contribution in [0.1, 0.15) is 32.2 Å². The molecule has 1 unspecified atom stereocenters. The van der Waals surface area contributed by atoms with Gasteiger partial charge in [0.15, 0.2) is 0 Å². The first kappa shape index (κ1) is 25.7. The molecule has 0 saturated carbocycles. The van der Waals surface area contributed by atoms with Gasteiger partial charge >= 0.3 is 0 Å². The lowest BCUT2D eigenvalue weighted by atomic mass is 10.1. The van der Waals surface area contributed by atoms with Crippen molar-refractivity contribution in [2.45, 2.75) is 44.6 Å². The van der Waals surface area contributed by atoms with Crippen molar-refractivity contribution < 1.29 is 19.1 Å². The van der Waals surface area contributed by atoms with Crippen LogP contribution in [0.15, 0.2) is 66.7 Å². The molecule has 0 radical (unpaired) electrons. The van der Waals surface area contributed by atoms with E-state index in [0.717, 1.165) is 51.4 Å². The lowest BCUT2D eigenvalue weighted by Gasteiger charge is -2.22. The van der Waals surface area contributed by atoms with E-state index in [9.17, 15) is 9.59 Å². The van der Waals surface area contributed by atoms with Crippen LogP contribution in [0.5, 0.6) is 17.2 Å². The van der Waals surface area contributed by atoms with Crippen LogP contribution in [-0.4, -0.2) is 31.5 Å². The Bertz CT molecular complexity index is 1490. The number of anilines is 1. The molecule has 1 fully saturated rings. The maximum Gasteiger partial charge on any atom is 0.286 e. The Kier molecular flexibility index (Phi) is 7.03. The third-order valence-corrected chi connectivity index (χ3v) is 6.99. The zero-order valence-electron chi connectivity index (χ0n) is 21.8. The van der Waals surface area contributed by atoms with Gasteiger partial charge in [-0.05, 0) is 69.2 Å². The zero-order chi connectivity index (χ0) is 26.9. The molecule has 1 aliphatic rings. The number of carbonyl (C=O) groups is 2. The fourth-order valence-electron chi connectivity index (χ4n) is 4.23. The highest BCUT2D eigenvalue weighted by Crippen LogP contribution is 2.29. The first-order valence-corrected chi connectivity index (χ1v) is 13.3. The van der Waals surface area contributed by atoms with Gasteiger partial charge in [-0.25, -0.2) is 4.98 Å². The van der Waals surface area contributed by atoms with E-state index < -0.39 is 0 Å². The van der Waals surface area contributed by atoms with E-state index in [4.69, 9.17) is 14.5 Å². The summed E-state index contributed by atoms with van der Waals surface area (Å²) in [5, 5.41) is 5.11. The van der Waals surface area contributed by atoms with Crippen LogP contribution in [0.4, 0.5) is 10.5 Å². The van der Waals surface area contributed by atoms with Crippen molar-refractivity contribution in [1.29, 1.82) is 0 Å². The monoisotopic (exact) mass is 530 g/mol. The topological polar surface area (TPSA) is 94.5 Å². The number of benzene rings is 3. The summed E-state index contributed by atoms with van der Waals surface area (Å²) in [6.45, 7) is 6.66. The predicted molar refractivity (Wildman–Crippen MR) is 150 cm³/mol. The van der Waals surface area contributed by atoms with Crippen LogP contribution in [0.2, 0.25) is 0 Å². The molecule has 5 rings (SSSR count). The SMILES string of the molecule is Cn1c(COc2ccc(CC3SC(=O)NC3=O)cc2)nc2ccc(Oc3cccc(NC(C)(C)C)c3)cc21. The number of nitrogens with one attached hydrogen (secondary N) is 2. The summed E-state index contributed by atoms with van der Waals surface area (Å²) in [5.41, 5.74) is 3.74. The van der Waals surface area contributed by atoms with Gasteiger partial charge in [-0.2, -0.15) is 0 Å². The summed E-state index contributed by atoms with van der Waals surface area (Å²) >= 11 is 1.03. The molecule has 38 heavy (non-hydrogen) atoms. The van der Waals surface area contributed by atoms with Crippen molar-refractivity contribution in [2.75, 3.05) is 5.32 Å². The molecule has 1 atom stereocenters. The largest absolute Gasteiger partial charge is 0.486 e. The fourth-order valence-corrected chi connectivity index (χ4v) is 5.09. The minimum atomic E-state index is -0.382. The highest BCUT2D eigenvalue weighted by atomic mass is 32.2. The van der Waals surface area contributed by atoms with Gasteiger partial charge in [0.2, 0.25) is 5.91 Å². The molecule has 3 aromatic carbocycles. The number of amides is 2. The number of nitrogens with zero attached hydrogens (tertiary/aromatic N) is 2. The van der Waals surface area contributed by atoms with E-state index in [-0.39, 0.29) is 21.9 Å². The Morgan fingerprint density at radius 2 is 1.74 bits per heavy atom. The van der Waals surface area contributed by atoms with Gasteiger partial charge in [0.05, 0.1) is 16.3 Å². The van der Waals surface area contributed by atoms with Gasteiger partial charge in [-0.1, -0.05) is 30.0 Å². The molecule has 4 aromatic rings. The van der Waals surface area contributed by atoms with Crippen LogP contribution in [-0.2, 0) is 24.9 Å². The standard InChI is InChI=1S/C29H30N4O4S/c1-29(2,3)32-19-6-5-7-21(15-19)37-22-12-13-23-24(16-22)33(4)26(30-23)17-36-20-10-8-18(9-11-20)14-25-27(34)31-28(35)38-25/h5-13,15-16,25,32H,14,17H2,1-4H3,(H,31,34,35). The summed E-state index contributed by atoms with van der Waals surface area (Å²) in [6, 6.07) is 21.3. The van der Waals surface area contributed by atoms with Crippen molar-refractivity contribution in [1.82, 2.24) is 14.9 Å². The van der Waals surface area contributed by atoms with Crippen molar-refractivity contribution in [3.8, 4) is 17.2 Å². The van der Waals surface area contributed by atoms with E-state index in [1.54, 1.807) is 0 Å². The molecular formula is C29H30N4O4S. The van der Waals surface area contributed by atoms with Crippen LogP contribution >= 0.6 is 11.8 Å². The van der Waals surface area contributed by atoms with Gasteiger partial charge in [0.25, 0.3) is 5.24 Å². The molecule has 0 aliphatic carbocycles. The molecule has 0 bridgehead atoms. The first-order chi connectivity index (χ1) is 18.1. The van der Waals surface area contributed by atoms with Gasteiger partial charge in [0.1, 0.15) is 29.7 Å². The summed E-state index contributed by atoms with van der Waals surface area (Å²) in [4.78, 5) is 27.9. The highest BCUT2D eigenvalue weighted by Gasteiger charge is 2.31. The normalized spacial score (nSPS) is 15.5. The minimum Gasteiger partial charge on any atom is -0.486 e. The summed E-state index contributed by atoms with van der Waals surface area (Å²) in [5.74, 6) is 2.74. The molecule has 1 saturated heterocycles. The molecule has 196 valence electrons. The molecule has 1 aromatic heterocycles. The van der Waals surface area contributed by atoms with Crippen LogP contribution in [0, 0.1) is 0 Å². The third kappa shape index (κ3) is 6.11. The van der Waals surface area contributed by atoms with Crippen LogP contribution in [0.3, 0.4) is 0 Å². The molecule has 8 nitrogen and oxygen atoms in total. The Balaban J connectivity index is 1.23. The molecule has 9 heteroatoms. The van der Waals surface area contributed by atoms with Gasteiger partial charge in [-0.15, -0.1) is 0 Å². The Hall–Kier alpha value is -3.98. The molecule has 2 heterocycles. The number of fused-ring (bicyclic) bond motifs is 1. The number of thioether (sulfide) groups is 1. The first-order valence-electron chi connectivity index (χ1n) is 12.4. The van der Waals surface area contributed by atoms with Gasteiger partial charge in [0, 0.05) is 30.4 Å². The lowest BCUT2D eigenvalue weighted by molar-refractivity contribution is -0.118. The van der Waals surface area contributed by atoms with Gasteiger partial charge < -0.3 is 19.4 Å². The number of carbonyl (C=O) groups excluding carboxylic acids is 2. The average molecular weight is 531 g/mol. The number of aromatic nitrogens is 2. The maximum atomic E-state index is 11.8. The van der Waals surface area contributed by atoms with Crippen molar-refractivity contribution >= 4 is 39.6 Å². The van der Waals surface area contributed by atoms with Crippen LogP contribution < -0.4 is 20.1 Å². The lowest BCUT2D eigenvalue weighted by Crippen LogP contribution is -2.25.